The van der Waals surface area contributed by atoms with Crippen LogP contribution in [0, 0.1) is 0 Å². The van der Waals surface area contributed by atoms with Gasteiger partial charge in [-0.05, 0) is 95.6 Å². The van der Waals surface area contributed by atoms with Gasteiger partial charge in [0.25, 0.3) is 0 Å². The van der Waals surface area contributed by atoms with Crippen molar-refractivity contribution in [1.29, 1.82) is 0 Å². The van der Waals surface area contributed by atoms with Crippen molar-refractivity contribution in [2.24, 2.45) is 0 Å². The number of hydrogen-bond donors (Lipinski definition) is 0. The molecule has 46 heavy (non-hydrogen) atoms. The fraction of sp³-hybridized carbons (Fsp3) is 0.0222. The lowest BCUT2D eigenvalue weighted by Crippen LogP contribution is -2.26. The molecule has 1 atom stereocenters. The summed E-state index contributed by atoms with van der Waals surface area (Å²) in [6.07, 6.45) is 0. The van der Waals surface area contributed by atoms with Crippen LogP contribution in [0.25, 0.3) is 66.1 Å². The molecular formula is C45H26O. The van der Waals surface area contributed by atoms with Crippen molar-refractivity contribution in [1.82, 2.24) is 0 Å². The SMILES string of the molecule is c1ccc2c(c1)-c1ccc(-c3cccc4c3-c3cccc5cccc(c35)O4)cc1C21c2ccccc2-c2ccc3ccccc3c21. The molecule has 0 aromatic heterocycles. The number of benzene rings is 8. The Hall–Kier alpha value is -5.92. The van der Waals surface area contributed by atoms with Crippen LogP contribution in [-0.2, 0) is 5.41 Å². The Morgan fingerprint density at radius 1 is 0.391 bits per heavy atom. The Balaban J connectivity index is 1.25. The summed E-state index contributed by atoms with van der Waals surface area (Å²) in [6.45, 7) is 0. The molecule has 1 unspecified atom stereocenters. The van der Waals surface area contributed by atoms with Gasteiger partial charge in [0.1, 0.15) is 11.5 Å². The van der Waals surface area contributed by atoms with Crippen LogP contribution < -0.4 is 4.74 Å². The fourth-order valence-corrected chi connectivity index (χ4v) is 8.94. The number of ether oxygens (including phenoxy) is 1. The number of rotatable bonds is 1. The van der Waals surface area contributed by atoms with E-state index in [2.05, 4.69) is 158 Å². The second-order valence-electron chi connectivity index (χ2n) is 12.8. The van der Waals surface area contributed by atoms with Crippen LogP contribution in [-0.4, -0.2) is 0 Å². The van der Waals surface area contributed by atoms with Crippen molar-refractivity contribution in [2.45, 2.75) is 5.41 Å². The third-order valence-electron chi connectivity index (χ3n) is 10.7. The molecule has 8 aromatic carbocycles. The highest BCUT2D eigenvalue weighted by molar-refractivity contribution is 6.08. The first kappa shape index (κ1) is 24.4. The van der Waals surface area contributed by atoms with Gasteiger partial charge in [0.15, 0.2) is 0 Å². The van der Waals surface area contributed by atoms with Gasteiger partial charge in [0.2, 0.25) is 0 Å². The zero-order valence-electron chi connectivity index (χ0n) is 24.9. The van der Waals surface area contributed by atoms with E-state index in [4.69, 9.17) is 4.74 Å². The molecule has 0 radical (unpaired) electrons. The van der Waals surface area contributed by atoms with E-state index in [0.29, 0.717) is 0 Å². The fourth-order valence-electron chi connectivity index (χ4n) is 8.94. The molecule has 11 rings (SSSR count). The Bertz CT molecular complexity index is 2610. The van der Waals surface area contributed by atoms with Gasteiger partial charge in [-0.2, -0.15) is 0 Å². The Morgan fingerprint density at radius 2 is 1.00 bits per heavy atom. The molecule has 1 aliphatic heterocycles. The number of fused-ring (bicyclic) bond motifs is 14. The molecule has 1 nitrogen and oxygen atoms in total. The summed E-state index contributed by atoms with van der Waals surface area (Å²) in [5.41, 5.74) is 15.1. The maximum Gasteiger partial charge on any atom is 0.135 e. The largest absolute Gasteiger partial charge is 0.456 e. The van der Waals surface area contributed by atoms with Crippen LogP contribution in [0.4, 0.5) is 0 Å². The van der Waals surface area contributed by atoms with Gasteiger partial charge < -0.3 is 4.74 Å². The first-order valence-corrected chi connectivity index (χ1v) is 16.0. The van der Waals surface area contributed by atoms with Gasteiger partial charge in [-0.3, -0.25) is 0 Å². The van der Waals surface area contributed by atoms with Crippen LogP contribution in [0.2, 0.25) is 0 Å². The highest BCUT2D eigenvalue weighted by Crippen LogP contribution is 2.64. The molecule has 2 aliphatic carbocycles. The van der Waals surface area contributed by atoms with Gasteiger partial charge in [-0.25, -0.2) is 0 Å². The lowest BCUT2D eigenvalue weighted by molar-refractivity contribution is 0.487. The summed E-state index contributed by atoms with van der Waals surface area (Å²) < 4.78 is 6.59. The van der Waals surface area contributed by atoms with Crippen molar-refractivity contribution >= 4 is 21.5 Å². The maximum absolute atomic E-state index is 6.59. The van der Waals surface area contributed by atoms with Gasteiger partial charge >= 0.3 is 0 Å². The average molecular weight is 583 g/mol. The monoisotopic (exact) mass is 582 g/mol. The standard InChI is InChI=1S/C45H26O/c1-2-13-31-27(10-1)22-25-35-33-15-4-6-19-38(33)45(44(31)35)37-18-5-3-14-32(37)34-24-23-29(26-39(34)45)30-16-9-21-41-43(30)36-17-7-11-28-12-8-20-40(46-41)42(28)36/h1-26H. The van der Waals surface area contributed by atoms with E-state index in [0.717, 1.165) is 17.1 Å². The second kappa shape index (κ2) is 8.62. The maximum atomic E-state index is 6.59. The summed E-state index contributed by atoms with van der Waals surface area (Å²) in [5.74, 6) is 1.83. The minimum atomic E-state index is -0.424. The van der Waals surface area contributed by atoms with Crippen LogP contribution in [0.15, 0.2) is 158 Å². The minimum Gasteiger partial charge on any atom is -0.456 e. The molecule has 1 heterocycles. The van der Waals surface area contributed by atoms with Gasteiger partial charge in [-0.1, -0.05) is 140 Å². The van der Waals surface area contributed by atoms with Crippen molar-refractivity contribution in [3.8, 4) is 56.0 Å². The van der Waals surface area contributed by atoms with E-state index in [1.165, 1.54) is 82.7 Å². The highest BCUT2D eigenvalue weighted by atomic mass is 16.5. The molecule has 1 spiro atoms. The molecule has 0 saturated carbocycles. The molecule has 0 fully saturated rings. The summed E-state index contributed by atoms with van der Waals surface area (Å²) in [6, 6.07) is 58.2. The predicted molar refractivity (Wildman–Crippen MR) is 189 cm³/mol. The van der Waals surface area contributed by atoms with Crippen LogP contribution in [0.5, 0.6) is 11.5 Å². The van der Waals surface area contributed by atoms with Crippen LogP contribution in [0.1, 0.15) is 22.3 Å². The third kappa shape index (κ3) is 2.87. The lowest BCUT2D eigenvalue weighted by atomic mass is 9.69. The summed E-state index contributed by atoms with van der Waals surface area (Å²) >= 11 is 0. The Kier molecular flexibility index (Phi) is 4.57. The van der Waals surface area contributed by atoms with Crippen LogP contribution >= 0.6 is 0 Å². The van der Waals surface area contributed by atoms with E-state index in [1.807, 2.05) is 0 Å². The lowest BCUT2D eigenvalue weighted by Gasteiger charge is -2.32. The number of hydrogen-bond acceptors (Lipinski definition) is 1. The molecule has 1 heteroatoms. The van der Waals surface area contributed by atoms with Gasteiger partial charge in [0, 0.05) is 10.9 Å². The van der Waals surface area contributed by atoms with E-state index in [9.17, 15) is 0 Å². The van der Waals surface area contributed by atoms with E-state index >= 15 is 0 Å². The average Bonchev–Trinajstić information content (AvgIpc) is 3.59. The molecular weight excluding hydrogens is 556 g/mol. The quantitative estimate of drug-likeness (QED) is 0.187. The van der Waals surface area contributed by atoms with Crippen molar-refractivity contribution in [3.05, 3.63) is 180 Å². The minimum absolute atomic E-state index is 0.424. The molecule has 3 aliphatic rings. The van der Waals surface area contributed by atoms with E-state index in [1.54, 1.807) is 0 Å². The zero-order chi connectivity index (χ0) is 30.0. The van der Waals surface area contributed by atoms with E-state index < -0.39 is 5.41 Å². The van der Waals surface area contributed by atoms with Crippen molar-refractivity contribution in [2.75, 3.05) is 0 Å². The first-order valence-electron chi connectivity index (χ1n) is 16.0. The Morgan fingerprint density at radius 3 is 1.87 bits per heavy atom. The Labute approximate surface area is 267 Å². The molecule has 8 aromatic rings. The van der Waals surface area contributed by atoms with Crippen molar-refractivity contribution < 1.29 is 4.74 Å². The third-order valence-corrected chi connectivity index (χ3v) is 10.7. The topological polar surface area (TPSA) is 9.23 Å². The highest BCUT2D eigenvalue weighted by Gasteiger charge is 2.52. The molecule has 212 valence electrons. The predicted octanol–water partition coefficient (Wildman–Crippen LogP) is 11.8. The zero-order valence-corrected chi connectivity index (χ0v) is 24.9. The van der Waals surface area contributed by atoms with Crippen molar-refractivity contribution in [3.63, 3.8) is 0 Å². The molecule has 0 amide bonds. The smallest absolute Gasteiger partial charge is 0.135 e. The summed E-state index contributed by atoms with van der Waals surface area (Å²) in [5, 5.41) is 4.97. The molecule has 0 N–H and O–H groups in total. The molecule has 0 bridgehead atoms. The van der Waals surface area contributed by atoms with Crippen LogP contribution in [0.3, 0.4) is 0 Å². The summed E-state index contributed by atoms with van der Waals surface area (Å²) in [4.78, 5) is 0. The normalized spacial score (nSPS) is 16.1. The van der Waals surface area contributed by atoms with Gasteiger partial charge in [0.05, 0.1) is 5.41 Å². The van der Waals surface area contributed by atoms with Gasteiger partial charge in [-0.15, -0.1) is 0 Å². The summed E-state index contributed by atoms with van der Waals surface area (Å²) in [7, 11) is 0. The molecule has 0 saturated heterocycles. The second-order valence-corrected chi connectivity index (χ2v) is 12.8. The van der Waals surface area contributed by atoms with E-state index in [-0.39, 0.29) is 0 Å². The first-order chi connectivity index (χ1) is 22.8.